The molecule has 0 aliphatic carbocycles. The van der Waals surface area contributed by atoms with Crippen molar-refractivity contribution >= 4 is 5.69 Å². The van der Waals surface area contributed by atoms with Crippen LogP contribution in [0.1, 0.15) is 18.9 Å². The summed E-state index contributed by atoms with van der Waals surface area (Å²) < 4.78 is 13.6. The zero-order valence-electron chi connectivity index (χ0n) is 9.96. The standard InChI is InChI=1S/C13H19FN2/c1-3-10-4-5-12(8-13(10)14)16-7-6-11(9-16)15-2/h4-5,8,11,15H,3,6-7,9H2,1-2H3/t11-/m0/s1. The van der Waals surface area contributed by atoms with Crippen molar-refractivity contribution in [1.29, 1.82) is 0 Å². The Morgan fingerprint density at radius 3 is 2.88 bits per heavy atom. The molecule has 1 N–H and O–H groups in total. The molecular weight excluding hydrogens is 203 g/mol. The highest BCUT2D eigenvalue weighted by molar-refractivity contribution is 5.49. The fraction of sp³-hybridized carbons (Fsp3) is 0.538. The molecule has 0 radical (unpaired) electrons. The second-order valence-corrected chi connectivity index (χ2v) is 4.35. The van der Waals surface area contributed by atoms with Gasteiger partial charge in [-0.2, -0.15) is 0 Å². The lowest BCUT2D eigenvalue weighted by Gasteiger charge is -2.19. The van der Waals surface area contributed by atoms with Crippen molar-refractivity contribution < 1.29 is 4.39 Å². The Bertz CT molecular complexity index is 365. The van der Waals surface area contributed by atoms with Gasteiger partial charge in [0.05, 0.1) is 0 Å². The fourth-order valence-electron chi connectivity index (χ4n) is 2.25. The van der Waals surface area contributed by atoms with Crippen LogP contribution in [0.4, 0.5) is 10.1 Å². The maximum absolute atomic E-state index is 13.6. The molecule has 1 aromatic rings. The highest BCUT2D eigenvalue weighted by atomic mass is 19.1. The number of nitrogens with zero attached hydrogens (tertiary/aromatic N) is 1. The smallest absolute Gasteiger partial charge is 0.128 e. The van der Waals surface area contributed by atoms with Crippen molar-refractivity contribution in [2.45, 2.75) is 25.8 Å². The number of hydrogen-bond donors (Lipinski definition) is 1. The Morgan fingerprint density at radius 1 is 1.50 bits per heavy atom. The van der Waals surface area contributed by atoms with Gasteiger partial charge in [0, 0.05) is 24.8 Å². The first-order valence-electron chi connectivity index (χ1n) is 5.95. The first kappa shape index (κ1) is 11.4. The Kier molecular flexibility index (Phi) is 3.44. The topological polar surface area (TPSA) is 15.3 Å². The lowest BCUT2D eigenvalue weighted by Crippen LogP contribution is -2.29. The van der Waals surface area contributed by atoms with E-state index in [4.69, 9.17) is 0 Å². The Morgan fingerprint density at radius 2 is 2.31 bits per heavy atom. The van der Waals surface area contributed by atoms with Crippen LogP contribution >= 0.6 is 0 Å². The van der Waals surface area contributed by atoms with E-state index < -0.39 is 0 Å². The number of benzene rings is 1. The summed E-state index contributed by atoms with van der Waals surface area (Å²) in [4.78, 5) is 2.24. The van der Waals surface area contributed by atoms with Crippen LogP contribution < -0.4 is 10.2 Å². The minimum Gasteiger partial charge on any atom is -0.370 e. The van der Waals surface area contributed by atoms with E-state index >= 15 is 0 Å². The minimum absolute atomic E-state index is 0.0760. The Balaban J connectivity index is 2.13. The van der Waals surface area contributed by atoms with E-state index in [-0.39, 0.29) is 5.82 Å². The third kappa shape index (κ3) is 2.19. The van der Waals surface area contributed by atoms with E-state index in [0.29, 0.717) is 6.04 Å². The van der Waals surface area contributed by atoms with E-state index in [0.717, 1.165) is 37.2 Å². The Labute approximate surface area is 96.5 Å². The maximum atomic E-state index is 13.6. The van der Waals surface area contributed by atoms with E-state index in [1.807, 2.05) is 26.1 Å². The van der Waals surface area contributed by atoms with Crippen molar-refractivity contribution in [2.24, 2.45) is 0 Å². The molecule has 1 atom stereocenters. The van der Waals surface area contributed by atoms with Crippen LogP contribution in [-0.4, -0.2) is 26.2 Å². The lowest BCUT2D eigenvalue weighted by atomic mass is 10.1. The highest BCUT2D eigenvalue weighted by Gasteiger charge is 2.21. The second kappa shape index (κ2) is 4.83. The van der Waals surface area contributed by atoms with E-state index in [1.54, 1.807) is 6.07 Å². The third-order valence-electron chi connectivity index (χ3n) is 3.38. The predicted octanol–water partition coefficient (Wildman–Crippen LogP) is 2.19. The number of anilines is 1. The van der Waals surface area contributed by atoms with Crippen molar-refractivity contribution in [2.75, 3.05) is 25.0 Å². The molecular formula is C13H19FN2. The molecule has 0 unspecified atom stereocenters. The summed E-state index contributed by atoms with van der Waals surface area (Å²) in [7, 11) is 1.98. The van der Waals surface area contributed by atoms with Crippen LogP contribution in [0.2, 0.25) is 0 Å². The molecule has 1 aliphatic rings. The summed E-state index contributed by atoms with van der Waals surface area (Å²) in [6.07, 6.45) is 1.89. The molecule has 2 nitrogen and oxygen atoms in total. The van der Waals surface area contributed by atoms with Gasteiger partial charge < -0.3 is 10.2 Å². The van der Waals surface area contributed by atoms with Crippen LogP contribution in [0.25, 0.3) is 0 Å². The summed E-state index contributed by atoms with van der Waals surface area (Å²) in [5.74, 6) is -0.0760. The van der Waals surface area contributed by atoms with E-state index in [2.05, 4.69) is 10.2 Å². The number of nitrogens with one attached hydrogen (secondary N) is 1. The van der Waals surface area contributed by atoms with Gasteiger partial charge in [-0.15, -0.1) is 0 Å². The lowest BCUT2D eigenvalue weighted by molar-refractivity contribution is 0.609. The molecule has 0 bridgehead atoms. The van der Waals surface area contributed by atoms with Gasteiger partial charge in [-0.1, -0.05) is 13.0 Å². The summed E-state index contributed by atoms with van der Waals surface area (Å²) in [6.45, 7) is 3.96. The molecule has 3 heteroatoms. The monoisotopic (exact) mass is 222 g/mol. The number of rotatable bonds is 3. The number of hydrogen-bond acceptors (Lipinski definition) is 2. The van der Waals surface area contributed by atoms with Crippen LogP contribution in [0, 0.1) is 5.82 Å². The van der Waals surface area contributed by atoms with Crippen LogP contribution in [0.5, 0.6) is 0 Å². The summed E-state index contributed by atoms with van der Waals surface area (Å²) in [6, 6.07) is 6.13. The number of likely N-dealkylation sites (N-methyl/N-ethyl adjacent to an activating group) is 1. The zero-order valence-corrected chi connectivity index (χ0v) is 9.96. The second-order valence-electron chi connectivity index (χ2n) is 4.35. The fourth-order valence-corrected chi connectivity index (χ4v) is 2.25. The average Bonchev–Trinajstić information content (AvgIpc) is 2.77. The summed E-state index contributed by atoms with van der Waals surface area (Å²) in [5.41, 5.74) is 1.81. The molecule has 1 saturated heterocycles. The molecule has 0 saturated carbocycles. The summed E-state index contributed by atoms with van der Waals surface area (Å²) >= 11 is 0. The van der Waals surface area contributed by atoms with Crippen LogP contribution in [-0.2, 0) is 6.42 Å². The van der Waals surface area contributed by atoms with Crippen molar-refractivity contribution in [3.05, 3.63) is 29.6 Å². The van der Waals surface area contributed by atoms with Crippen molar-refractivity contribution in [1.82, 2.24) is 5.32 Å². The highest BCUT2D eigenvalue weighted by Crippen LogP contribution is 2.23. The van der Waals surface area contributed by atoms with E-state index in [1.165, 1.54) is 0 Å². The van der Waals surface area contributed by atoms with Gasteiger partial charge in [-0.05, 0) is 37.6 Å². The molecule has 16 heavy (non-hydrogen) atoms. The molecule has 88 valence electrons. The van der Waals surface area contributed by atoms with Gasteiger partial charge >= 0.3 is 0 Å². The maximum Gasteiger partial charge on any atom is 0.128 e. The minimum atomic E-state index is -0.0760. The molecule has 1 fully saturated rings. The van der Waals surface area contributed by atoms with Gasteiger partial charge in [0.25, 0.3) is 0 Å². The van der Waals surface area contributed by atoms with Crippen molar-refractivity contribution in [3.8, 4) is 0 Å². The van der Waals surface area contributed by atoms with Gasteiger partial charge in [0.1, 0.15) is 5.82 Å². The Hall–Kier alpha value is -1.09. The predicted molar refractivity (Wildman–Crippen MR) is 65.5 cm³/mol. The van der Waals surface area contributed by atoms with Gasteiger partial charge in [-0.3, -0.25) is 0 Å². The van der Waals surface area contributed by atoms with Gasteiger partial charge in [0.2, 0.25) is 0 Å². The molecule has 1 heterocycles. The van der Waals surface area contributed by atoms with Crippen LogP contribution in [0.3, 0.4) is 0 Å². The van der Waals surface area contributed by atoms with Gasteiger partial charge in [-0.25, -0.2) is 4.39 Å². The average molecular weight is 222 g/mol. The first-order chi connectivity index (χ1) is 7.74. The van der Waals surface area contributed by atoms with Gasteiger partial charge in [0.15, 0.2) is 0 Å². The normalized spacial score (nSPS) is 20.4. The van der Waals surface area contributed by atoms with Crippen molar-refractivity contribution in [3.63, 3.8) is 0 Å². The molecule has 0 spiro atoms. The molecule has 0 aromatic heterocycles. The molecule has 1 aliphatic heterocycles. The number of halogens is 1. The quantitative estimate of drug-likeness (QED) is 0.843. The number of aryl methyl sites for hydroxylation is 1. The van der Waals surface area contributed by atoms with E-state index in [9.17, 15) is 4.39 Å². The summed E-state index contributed by atoms with van der Waals surface area (Å²) in [5, 5.41) is 3.27. The third-order valence-corrected chi connectivity index (χ3v) is 3.38. The first-order valence-corrected chi connectivity index (χ1v) is 5.95. The van der Waals surface area contributed by atoms with Crippen LogP contribution in [0.15, 0.2) is 18.2 Å². The molecule has 1 aromatic carbocycles. The molecule has 2 rings (SSSR count). The zero-order chi connectivity index (χ0) is 11.5. The molecule has 0 amide bonds. The largest absolute Gasteiger partial charge is 0.370 e. The SMILES string of the molecule is CCc1ccc(N2CC[C@H](NC)C2)cc1F.